The maximum atomic E-state index is 13.6. The monoisotopic (exact) mass is 499 g/mol. The van der Waals surface area contributed by atoms with Gasteiger partial charge in [-0.1, -0.05) is 67.9 Å². The third-order valence-electron chi connectivity index (χ3n) is 7.24. The molecule has 3 aromatic rings. The summed E-state index contributed by atoms with van der Waals surface area (Å²) in [4.78, 5) is 43.4. The van der Waals surface area contributed by atoms with Crippen molar-refractivity contribution < 1.29 is 14.4 Å². The lowest BCUT2D eigenvalue weighted by atomic mass is 10.1. The van der Waals surface area contributed by atoms with Crippen LogP contribution in [0.4, 0.5) is 5.69 Å². The van der Waals surface area contributed by atoms with Crippen LogP contribution in [0.3, 0.4) is 0 Å². The number of rotatable bonds is 11. The van der Waals surface area contributed by atoms with Crippen molar-refractivity contribution in [1.29, 1.82) is 0 Å². The fourth-order valence-corrected chi connectivity index (χ4v) is 5.10. The molecule has 4 rings (SSSR count). The van der Waals surface area contributed by atoms with Gasteiger partial charge >= 0.3 is 0 Å². The van der Waals surface area contributed by atoms with Crippen LogP contribution in [-0.4, -0.2) is 41.2 Å². The molecule has 0 bridgehead atoms. The fourth-order valence-electron chi connectivity index (χ4n) is 5.10. The first-order chi connectivity index (χ1) is 17.8. The minimum absolute atomic E-state index is 0.0183. The summed E-state index contributed by atoms with van der Waals surface area (Å²) >= 11 is 0. The molecule has 37 heavy (non-hydrogen) atoms. The molecule has 1 aliphatic rings. The van der Waals surface area contributed by atoms with Gasteiger partial charge in [-0.3, -0.25) is 14.4 Å². The largest absolute Gasteiger partial charge is 0.352 e. The summed E-state index contributed by atoms with van der Waals surface area (Å²) in [6.07, 6.45) is 2.13. The Morgan fingerprint density at radius 3 is 2.43 bits per heavy atom. The van der Waals surface area contributed by atoms with E-state index in [9.17, 15) is 14.4 Å². The van der Waals surface area contributed by atoms with E-state index in [-0.39, 0.29) is 30.2 Å². The van der Waals surface area contributed by atoms with Crippen LogP contribution in [0.25, 0.3) is 10.8 Å². The topological polar surface area (TPSA) is 69.7 Å². The fraction of sp³-hybridized carbons (Fsp3) is 0.387. The van der Waals surface area contributed by atoms with E-state index in [0.29, 0.717) is 31.5 Å². The number of nitrogens with one attached hydrogen (secondary N) is 1. The van der Waals surface area contributed by atoms with E-state index in [0.717, 1.165) is 34.0 Å². The molecule has 0 radical (unpaired) electrons. The van der Waals surface area contributed by atoms with Crippen LogP contribution in [0.1, 0.15) is 67.9 Å². The Hall–Kier alpha value is -3.67. The van der Waals surface area contributed by atoms with Crippen molar-refractivity contribution in [3.63, 3.8) is 0 Å². The Kier molecular flexibility index (Phi) is 8.27. The van der Waals surface area contributed by atoms with Gasteiger partial charge in [-0.05, 0) is 56.2 Å². The summed E-state index contributed by atoms with van der Waals surface area (Å²) in [5, 5.41) is 5.08. The summed E-state index contributed by atoms with van der Waals surface area (Å²) in [6.45, 7) is 8.79. The summed E-state index contributed by atoms with van der Waals surface area (Å²) in [5.74, 6) is -0.208. The van der Waals surface area contributed by atoms with Gasteiger partial charge in [0, 0.05) is 36.5 Å². The lowest BCUT2D eigenvalue weighted by molar-refractivity contribution is -0.141. The molecule has 0 spiro atoms. The number of amides is 3. The van der Waals surface area contributed by atoms with Gasteiger partial charge in [-0.25, -0.2) is 0 Å². The number of hydrogen-bond donors (Lipinski definition) is 1. The number of hydrogen-bond acceptors (Lipinski definition) is 3. The lowest BCUT2D eigenvalue weighted by Crippen LogP contribution is -2.50. The van der Waals surface area contributed by atoms with Crippen molar-refractivity contribution in [2.75, 3.05) is 11.4 Å². The van der Waals surface area contributed by atoms with Gasteiger partial charge in [-0.2, -0.15) is 0 Å². The van der Waals surface area contributed by atoms with Gasteiger partial charge < -0.3 is 15.1 Å². The second-order valence-electron chi connectivity index (χ2n) is 9.99. The molecule has 0 saturated heterocycles. The maximum Gasteiger partial charge on any atom is 0.258 e. The molecule has 1 heterocycles. The van der Waals surface area contributed by atoms with Crippen molar-refractivity contribution in [1.82, 2.24) is 10.2 Å². The summed E-state index contributed by atoms with van der Waals surface area (Å²) < 4.78 is 0. The molecule has 3 amide bonds. The first-order valence-electron chi connectivity index (χ1n) is 13.3. The number of benzene rings is 3. The first-order valence-corrected chi connectivity index (χ1v) is 13.3. The summed E-state index contributed by atoms with van der Waals surface area (Å²) in [6, 6.07) is 19.3. The highest BCUT2D eigenvalue weighted by Crippen LogP contribution is 2.37. The Morgan fingerprint density at radius 2 is 1.73 bits per heavy atom. The van der Waals surface area contributed by atoms with Crippen molar-refractivity contribution in [3.8, 4) is 0 Å². The molecular formula is C31H37N3O3. The number of nitrogens with zero attached hydrogens (tertiary/aromatic N) is 2. The average molecular weight is 500 g/mol. The zero-order valence-corrected chi connectivity index (χ0v) is 22.3. The minimum atomic E-state index is -0.548. The Bertz CT molecular complexity index is 1300. The minimum Gasteiger partial charge on any atom is -0.352 e. The molecule has 0 aliphatic carbocycles. The molecule has 0 saturated carbocycles. The quantitative estimate of drug-likeness (QED) is 0.373. The molecule has 3 aromatic carbocycles. The number of carbonyl (C=O) groups excluding carboxylic acids is 3. The van der Waals surface area contributed by atoms with E-state index in [4.69, 9.17) is 0 Å². The Morgan fingerprint density at radius 1 is 1.00 bits per heavy atom. The summed E-state index contributed by atoms with van der Waals surface area (Å²) in [5.41, 5.74) is 3.73. The van der Waals surface area contributed by atoms with E-state index >= 15 is 0 Å². The molecule has 6 nitrogen and oxygen atoms in total. The van der Waals surface area contributed by atoms with Crippen LogP contribution in [0.2, 0.25) is 0 Å². The van der Waals surface area contributed by atoms with Crippen LogP contribution in [0.15, 0.2) is 60.7 Å². The van der Waals surface area contributed by atoms with Gasteiger partial charge in [-0.15, -0.1) is 0 Å². The zero-order valence-electron chi connectivity index (χ0n) is 22.3. The molecule has 194 valence electrons. The maximum absolute atomic E-state index is 13.6. The highest BCUT2D eigenvalue weighted by atomic mass is 16.2. The lowest BCUT2D eigenvalue weighted by Gasteiger charge is -2.32. The Labute approximate surface area is 219 Å². The highest BCUT2D eigenvalue weighted by Gasteiger charge is 2.31. The van der Waals surface area contributed by atoms with Crippen molar-refractivity contribution in [2.45, 2.75) is 72.0 Å². The van der Waals surface area contributed by atoms with Gasteiger partial charge in [0.15, 0.2) is 0 Å². The normalized spacial score (nSPS) is 14.1. The van der Waals surface area contributed by atoms with E-state index in [1.54, 1.807) is 9.80 Å². The van der Waals surface area contributed by atoms with Crippen LogP contribution in [-0.2, 0) is 16.1 Å². The number of carbonyl (C=O) groups is 3. The van der Waals surface area contributed by atoms with Crippen LogP contribution >= 0.6 is 0 Å². The molecule has 1 aliphatic heterocycles. The molecule has 0 unspecified atom stereocenters. The number of aryl methyl sites for hydroxylation is 1. The predicted molar refractivity (Wildman–Crippen MR) is 149 cm³/mol. The summed E-state index contributed by atoms with van der Waals surface area (Å²) in [7, 11) is 0. The third-order valence-corrected chi connectivity index (χ3v) is 7.24. The number of anilines is 1. The first kappa shape index (κ1) is 26.4. The predicted octanol–water partition coefficient (Wildman–Crippen LogP) is 5.61. The molecule has 0 fully saturated rings. The van der Waals surface area contributed by atoms with Crippen LogP contribution < -0.4 is 10.2 Å². The van der Waals surface area contributed by atoms with Crippen molar-refractivity contribution in [2.24, 2.45) is 0 Å². The van der Waals surface area contributed by atoms with Gasteiger partial charge in [0.2, 0.25) is 11.8 Å². The van der Waals surface area contributed by atoms with Crippen molar-refractivity contribution in [3.05, 3.63) is 77.4 Å². The van der Waals surface area contributed by atoms with E-state index < -0.39 is 6.04 Å². The van der Waals surface area contributed by atoms with E-state index in [2.05, 4.69) is 11.4 Å². The molecule has 1 N–H and O–H groups in total. The molecule has 2 atom stereocenters. The Balaban J connectivity index is 1.49. The second-order valence-corrected chi connectivity index (χ2v) is 9.99. The zero-order chi connectivity index (χ0) is 26.5. The molecule has 6 heteroatoms. The average Bonchev–Trinajstić information content (AvgIpc) is 3.16. The smallest absolute Gasteiger partial charge is 0.258 e. The SMILES string of the molecule is CC[C@H](C)NC(=O)[C@H](CC)N(Cc1cccc(C)c1)C(=O)CCCN1C(=O)c2cccc3cccc1c23. The van der Waals surface area contributed by atoms with Crippen LogP contribution in [0.5, 0.6) is 0 Å². The van der Waals surface area contributed by atoms with Gasteiger partial charge in [0.05, 0.1) is 5.69 Å². The molecular weight excluding hydrogens is 462 g/mol. The third kappa shape index (κ3) is 5.68. The highest BCUT2D eigenvalue weighted by molar-refractivity contribution is 6.25. The van der Waals surface area contributed by atoms with Gasteiger partial charge in [0.1, 0.15) is 6.04 Å². The van der Waals surface area contributed by atoms with E-state index in [1.165, 1.54) is 0 Å². The van der Waals surface area contributed by atoms with Gasteiger partial charge in [0.25, 0.3) is 5.91 Å². The van der Waals surface area contributed by atoms with E-state index in [1.807, 2.05) is 82.3 Å². The van der Waals surface area contributed by atoms with Crippen molar-refractivity contribution >= 4 is 34.2 Å². The van der Waals surface area contributed by atoms with Crippen LogP contribution in [0, 0.1) is 6.92 Å². The second kappa shape index (κ2) is 11.6. The standard InChI is InChI=1S/C31H37N3O3/c1-5-22(4)32-30(36)26(6-2)34(20-23-12-7-11-21(3)19-23)28(35)17-10-18-33-27-16-9-14-24-13-8-15-25(29(24)27)31(33)37/h7-9,11-16,19,22,26H,5-6,10,17-18,20H2,1-4H3,(H,32,36)/t22-,26-/m0/s1. The molecule has 0 aromatic heterocycles.